The van der Waals surface area contributed by atoms with Gasteiger partial charge in [0.25, 0.3) is 0 Å². The number of halogens is 4. The minimum absolute atomic E-state index is 0.0149. The van der Waals surface area contributed by atoms with E-state index >= 15 is 0 Å². The van der Waals surface area contributed by atoms with E-state index in [4.69, 9.17) is 0 Å². The van der Waals surface area contributed by atoms with Gasteiger partial charge in [-0.2, -0.15) is 17.5 Å². The van der Waals surface area contributed by atoms with E-state index in [1.54, 1.807) is 24.3 Å². The van der Waals surface area contributed by atoms with Crippen molar-refractivity contribution >= 4 is 31.9 Å². The molecule has 0 aliphatic heterocycles. The molecule has 0 heterocycles. The number of benzene rings is 2. The van der Waals surface area contributed by atoms with Crippen LogP contribution in [0.25, 0.3) is 0 Å². The average molecular weight is 548 g/mol. The Morgan fingerprint density at radius 2 is 1.76 bits per heavy atom. The molecule has 1 aliphatic carbocycles. The van der Waals surface area contributed by atoms with Gasteiger partial charge in [-0.05, 0) is 67.5 Å². The normalized spacial score (nSPS) is 19.5. The molecule has 2 aromatic rings. The van der Waals surface area contributed by atoms with Crippen LogP contribution in [0.1, 0.15) is 36.8 Å². The summed E-state index contributed by atoms with van der Waals surface area (Å²) >= 11 is 3.35. The first-order valence-electron chi connectivity index (χ1n) is 10.3. The van der Waals surface area contributed by atoms with Crippen LogP contribution in [0.2, 0.25) is 0 Å². The van der Waals surface area contributed by atoms with E-state index in [1.807, 2.05) is 0 Å². The SMILES string of the molecule is O=C(N[O-])C1CCC(CN(Cc2cccc(Br)c2)S(=O)(=O)c2cccc(C(F)(F)F)c2)CC1. The zero-order valence-corrected chi connectivity index (χ0v) is 19.9. The number of rotatable bonds is 7. The zero-order chi connectivity index (χ0) is 24.2. The molecule has 1 fully saturated rings. The summed E-state index contributed by atoms with van der Waals surface area (Å²) in [5.74, 6) is -1.07. The van der Waals surface area contributed by atoms with Crippen LogP contribution in [0.3, 0.4) is 0 Å². The molecule has 1 saturated carbocycles. The maximum absolute atomic E-state index is 13.4. The summed E-state index contributed by atoms with van der Waals surface area (Å²) in [4.78, 5) is 11.2. The number of carbonyl (C=O) groups excluding carboxylic acids is 1. The fourth-order valence-electron chi connectivity index (χ4n) is 4.05. The second-order valence-corrected chi connectivity index (χ2v) is 11.0. The van der Waals surface area contributed by atoms with E-state index in [0.29, 0.717) is 37.3 Å². The number of hydroxylamine groups is 1. The van der Waals surface area contributed by atoms with Crippen LogP contribution in [0.15, 0.2) is 57.9 Å². The molecule has 2 aromatic carbocycles. The predicted molar refractivity (Wildman–Crippen MR) is 120 cm³/mol. The van der Waals surface area contributed by atoms with Crippen LogP contribution in [0.5, 0.6) is 0 Å². The van der Waals surface area contributed by atoms with Gasteiger partial charge in [-0.25, -0.2) is 8.42 Å². The third kappa shape index (κ3) is 6.56. The number of carbonyl (C=O) groups is 1. The summed E-state index contributed by atoms with van der Waals surface area (Å²) in [5, 5.41) is 10.6. The number of hydrogen-bond donors (Lipinski definition) is 1. The second-order valence-electron chi connectivity index (χ2n) is 8.14. The van der Waals surface area contributed by atoms with Crippen molar-refractivity contribution in [1.82, 2.24) is 9.79 Å². The van der Waals surface area contributed by atoms with E-state index in [9.17, 15) is 31.6 Å². The molecule has 1 N–H and O–H groups in total. The zero-order valence-electron chi connectivity index (χ0n) is 17.5. The van der Waals surface area contributed by atoms with Gasteiger partial charge >= 0.3 is 6.18 Å². The Morgan fingerprint density at radius 1 is 1.09 bits per heavy atom. The number of hydrogen-bond acceptors (Lipinski definition) is 4. The number of alkyl halides is 3. The Hall–Kier alpha value is -1.95. The molecule has 1 amide bonds. The summed E-state index contributed by atoms with van der Waals surface area (Å²) in [5.41, 5.74) is 1.05. The molecule has 33 heavy (non-hydrogen) atoms. The Balaban J connectivity index is 1.88. The predicted octanol–water partition coefficient (Wildman–Crippen LogP) is 5.08. The lowest BCUT2D eigenvalue weighted by Crippen LogP contribution is -2.37. The summed E-state index contributed by atoms with van der Waals surface area (Å²) in [6.45, 7) is 0.0792. The number of sulfonamides is 1. The van der Waals surface area contributed by atoms with Gasteiger partial charge in [0.05, 0.1) is 10.5 Å². The van der Waals surface area contributed by atoms with Crippen LogP contribution in [0, 0.1) is 17.0 Å². The number of nitrogens with one attached hydrogen (secondary N) is 1. The Kier molecular flexibility index (Phi) is 8.20. The second kappa shape index (κ2) is 10.5. The first-order chi connectivity index (χ1) is 15.5. The van der Waals surface area contributed by atoms with Crippen molar-refractivity contribution in [3.05, 3.63) is 69.3 Å². The fraction of sp³-hybridized carbons (Fsp3) is 0.409. The van der Waals surface area contributed by atoms with Crippen LogP contribution < -0.4 is 5.48 Å². The third-order valence-electron chi connectivity index (χ3n) is 5.83. The Morgan fingerprint density at radius 3 is 2.36 bits per heavy atom. The molecular formula is C22H23BrF3N2O4S-. The monoisotopic (exact) mass is 547 g/mol. The van der Waals surface area contributed by atoms with Crippen molar-refractivity contribution in [3.63, 3.8) is 0 Å². The van der Waals surface area contributed by atoms with Gasteiger partial charge in [-0.3, -0.25) is 4.79 Å². The molecule has 0 atom stereocenters. The van der Waals surface area contributed by atoms with Crippen molar-refractivity contribution in [2.24, 2.45) is 11.8 Å². The van der Waals surface area contributed by atoms with Crippen molar-refractivity contribution in [2.75, 3.05) is 6.54 Å². The largest absolute Gasteiger partial charge is 0.759 e. The van der Waals surface area contributed by atoms with Crippen molar-refractivity contribution in [3.8, 4) is 0 Å². The molecule has 180 valence electrons. The van der Waals surface area contributed by atoms with Crippen LogP contribution in [-0.4, -0.2) is 25.2 Å². The molecule has 3 rings (SSSR count). The van der Waals surface area contributed by atoms with Crippen molar-refractivity contribution in [1.29, 1.82) is 0 Å². The van der Waals surface area contributed by atoms with E-state index in [-0.39, 0.29) is 19.0 Å². The van der Waals surface area contributed by atoms with Gasteiger partial charge in [-0.1, -0.05) is 34.1 Å². The van der Waals surface area contributed by atoms with E-state index < -0.39 is 38.5 Å². The lowest BCUT2D eigenvalue weighted by atomic mass is 9.81. The molecule has 0 radical (unpaired) electrons. The molecule has 0 saturated heterocycles. The summed E-state index contributed by atoms with van der Waals surface area (Å²) in [6, 6.07) is 10.8. The molecule has 0 bridgehead atoms. The summed E-state index contributed by atoms with van der Waals surface area (Å²) in [7, 11) is -4.24. The van der Waals surface area contributed by atoms with E-state index in [0.717, 1.165) is 22.7 Å². The molecule has 0 unspecified atom stereocenters. The molecular weight excluding hydrogens is 525 g/mol. The van der Waals surface area contributed by atoms with Crippen molar-refractivity contribution in [2.45, 2.75) is 43.3 Å². The smallest absolute Gasteiger partial charge is 0.416 e. The van der Waals surface area contributed by atoms with Crippen molar-refractivity contribution < 1.29 is 26.4 Å². The molecule has 11 heteroatoms. The first-order valence-corrected chi connectivity index (χ1v) is 12.6. The topological polar surface area (TPSA) is 89.5 Å². The molecule has 0 aromatic heterocycles. The quantitative estimate of drug-likeness (QED) is 0.489. The van der Waals surface area contributed by atoms with Gasteiger partial charge in [0.15, 0.2) is 0 Å². The minimum atomic E-state index is -4.67. The van der Waals surface area contributed by atoms with Gasteiger partial charge in [0.1, 0.15) is 0 Å². The van der Waals surface area contributed by atoms with Crippen LogP contribution >= 0.6 is 15.9 Å². The first kappa shape index (κ1) is 25.7. The number of amides is 1. The summed E-state index contributed by atoms with van der Waals surface area (Å²) < 4.78 is 68.4. The minimum Gasteiger partial charge on any atom is -0.759 e. The average Bonchev–Trinajstić information content (AvgIpc) is 2.78. The highest BCUT2D eigenvalue weighted by Gasteiger charge is 2.34. The van der Waals surface area contributed by atoms with Crippen LogP contribution in [-0.2, 0) is 27.5 Å². The Labute approximate surface area is 198 Å². The van der Waals surface area contributed by atoms with E-state index in [1.165, 1.54) is 9.79 Å². The van der Waals surface area contributed by atoms with Gasteiger partial charge in [0.2, 0.25) is 15.9 Å². The Bertz CT molecular complexity index is 1090. The third-order valence-corrected chi connectivity index (χ3v) is 8.13. The maximum Gasteiger partial charge on any atom is 0.416 e. The van der Waals surface area contributed by atoms with Gasteiger partial charge in [0, 0.05) is 23.5 Å². The van der Waals surface area contributed by atoms with Gasteiger partial charge < -0.3 is 10.7 Å². The van der Waals surface area contributed by atoms with Crippen LogP contribution in [0.4, 0.5) is 13.2 Å². The molecule has 0 spiro atoms. The lowest BCUT2D eigenvalue weighted by molar-refractivity contribution is -0.137. The highest BCUT2D eigenvalue weighted by Crippen LogP contribution is 2.34. The molecule has 6 nitrogen and oxygen atoms in total. The highest BCUT2D eigenvalue weighted by molar-refractivity contribution is 9.10. The van der Waals surface area contributed by atoms with E-state index in [2.05, 4.69) is 15.9 Å². The highest BCUT2D eigenvalue weighted by atomic mass is 79.9. The van der Waals surface area contributed by atoms with Gasteiger partial charge in [-0.15, -0.1) is 0 Å². The maximum atomic E-state index is 13.4. The summed E-state index contributed by atoms with van der Waals surface area (Å²) in [6.07, 6.45) is -2.70. The number of nitrogens with zero attached hydrogens (tertiary/aromatic N) is 1. The standard InChI is InChI=1S/C22H23BrF3N2O4S/c23-19-5-1-3-16(11-19)14-28(13-15-7-9-17(10-8-15)21(29)27-30)33(31,32)20-6-2-4-18(12-20)22(24,25)26/h1-6,11-12,15,17H,7-10,13-14H2,(H-,27,29,30)/q-1. The fourth-order valence-corrected chi connectivity index (χ4v) is 6.04. The molecule has 1 aliphatic rings. The lowest BCUT2D eigenvalue weighted by Gasteiger charge is -2.32.